The predicted molar refractivity (Wildman–Crippen MR) is 87.6 cm³/mol. The quantitative estimate of drug-likeness (QED) is 0.541. The Morgan fingerprint density at radius 2 is 2.10 bits per heavy atom. The summed E-state index contributed by atoms with van der Waals surface area (Å²) in [5.74, 6) is 0.437. The first kappa shape index (κ1) is 18.0. The highest BCUT2D eigenvalue weighted by molar-refractivity contribution is 9.10. The van der Waals surface area contributed by atoms with E-state index in [1.807, 2.05) is 19.1 Å². The summed E-state index contributed by atoms with van der Waals surface area (Å²) >= 11 is 3.49. The molecule has 0 spiro atoms. The van der Waals surface area contributed by atoms with Gasteiger partial charge in [0.2, 0.25) is 0 Å². The van der Waals surface area contributed by atoms with E-state index in [-0.39, 0.29) is 12.6 Å². The highest BCUT2D eigenvalue weighted by Crippen LogP contribution is 2.28. The second-order valence-electron chi connectivity index (χ2n) is 4.85. The second-order valence-corrected chi connectivity index (χ2v) is 5.77. The lowest BCUT2D eigenvalue weighted by Crippen LogP contribution is -2.18. The number of hydrogen-bond acceptors (Lipinski definition) is 4. The minimum Gasteiger partial charge on any atom is -0.481 e. The number of carbonyl (C=O) groups is 1. The van der Waals surface area contributed by atoms with Crippen molar-refractivity contribution in [3.05, 3.63) is 27.7 Å². The van der Waals surface area contributed by atoms with Gasteiger partial charge in [-0.25, -0.2) is 4.79 Å². The SMILES string of the molecule is CCCCOC(=O)COc1c(C)cc(Br)cc1CNCC. The first-order valence-electron chi connectivity index (χ1n) is 7.36. The van der Waals surface area contributed by atoms with E-state index in [4.69, 9.17) is 9.47 Å². The van der Waals surface area contributed by atoms with Crippen LogP contribution in [0, 0.1) is 6.92 Å². The third-order valence-corrected chi connectivity index (χ3v) is 3.43. The van der Waals surface area contributed by atoms with E-state index in [9.17, 15) is 4.79 Å². The summed E-state index contributed by atoms with van der Waals surface area (Å²) < 4.78 is 11.8. The van der Waals surface area contributed by atoms with Crippen molar-refractivity contribution in [1.29, 1.82) is 0 Å². The van der Waals surface area contributed by atoms with Gasteiger partial charge in [0.1, 0.15) is 5.75 Å². The van der Waals surface area contributed by atoms with E-state index in [1.165, 1.54) is 0 Å². The van der Waals surface area contributed by atoms with Crippen molar-refractivity contribution in [1.82, 2.24) is 5.32 Å². The molecule has 0 aromatic heterocycles. The number of hydrogen-bond donors (Lipinski definition) is 1. The lowest BCUT2D eigenvalue weighted by Gasteiger charge is -2.15. The van der Waals surface area contributed by atoms with E-state index in [2.05, 4.69) is 35.1 Å². The molecule has 0 aliphatic heterocycles. The van der Waals surface area contributed by atoms with Gasteiger partial charge >= 0.3 is 5.97 Å². The van der Waals surface area contributed by atoms with Crippen molar-refractivity contribution in [2.24, 2.45) is 0 Å². The molecule has 0 unspecified atom stereocenters. The topological polar surface area (TPSA) is 47.6 Å². The fourth-order valence-corrected chi connectivity index (χ4v) is 2.52. The van der Waals surface area contributed by atoms with Crippen LogP contribution in [0.2, 0.25) is 0 Å². The Bertz CT molecular complexity index is 463. The summed E-state index contributed by atoms with van der Waals surface area (Å²) in [5.41, 5.74) is 2.03. The van der Waals surface area contributed by atoms with Gasteiger partial charge in [0, 0.05) is 16.6 Å². The third-order valence-electron chi connectivity index (χ3n) is 2.98. The average molecular weight is 358 g/mol. The Labute approximate surface area is 135 Å². The molecule has 0 radical (unpaired) electrons. The molecule has 0 saturated heterocycles. The van der Waals surface area contributed by atoms with E-state index in [0.717, 1.165) is 40.7 Å². The zero-order valence-electron chi connectivity index (χ0n) is 13.0. The van der Waals surface area contributed by atoms with Crippen LogP contribution in [0.25, 0.3) is 0 Å². The van der Waals surface area contributed by atoms with Gasteiger partial charge in [0.25, 0.3) is 0 Å². The van der Waals surface area contributed by atoms with Crippen molar-refractivity contribution in [2.45, 2.75) is 40.2 Å². The van der Waals surface area contributed by atoms with Crippen LogP contribution < -0.4 is 10.1 Å². The molecule has 0 bridgehead atoms. The molecule has 5 heteroatoms. The van der Waals surface area contributed by atoms with Crippen LogP contribution in [0.1, 0.15) is 37.8 Å². The molecule has 0 heterocycles. The Balaban J connectivity index is 2.66. The molecule has 1 N–H and O–H groups in total. The van der Waals surface area contributed by atoms with Crippen LogP contribution >= 0.6 is 15.9 Å². The molecule has 0 aliphatic carbocycles. The number of rotatable bonds is 9. The van der Waals surface area contributed by atoms with Crippen molar-refractivity contribution in [3.8, 4) is 5.75 Å². The molecule has 0 aliphatic rings. The molecule has 1 rings (SSSR count). The van der Waals surface area contributed by atoms with Crippen LogP contribution in [0.5, 0.6) is 5.75 Å². The molecule has 0 fully saturated rings. The highest BCUT2D eigenvalue weighted by atomic mass is 79.9. The zero-order valence-corrected chi connectivity index (χ0v) is 14.6. The molecule has 21 heavy (non-hydrogen) atoms. The van der Waals surface area contributed by atoms with Crippen LogP contribution in [0.4, 0.5) is 0 Å². The lowest BCUT2D eigenvalue weighted by atomic mass is 10.1. The van der Waals surface area contributed by atoms with Gasteiger partial charge in [-0.1, -0.05) is 36.2 Å². The van der Waals surface area contributed by atoms with Crippen LogP contribution in [-0.2, 0) is 16.1 Å². The normalized spacial score (nSPS) is 10.5. The summed E-state index contributed by atoms with van der Waals surface area (Å²) in [6, 6.07) is 3.99. The monoisotopic (exact) mass is 357 g/mol. The molecule has 0 amide bonds. The number of nitrogens with one attached hydrogen (secondary N) is 1. The first-order valence-corrected chi connectivity index (χ1v) is 8.15. The molecular weight excluding hydrogens is 334 g/mol. The molecule has 0 saturated carbocycles. The van der Waals surface area contributed by atoms with Gasteiger partial charge in [0.15, 0.2) is 6.61 Å². The van der Waals surface area contributed by atoms with Crippen LogP contribution in [0.15, 0.2) is 16.6 Å². The summed E-state index contributed by atoms with van der Waals surface area (Å²) in [4.78, 5) is 11.6. The van der Waals surface area contributed by atoms with Gasteiger partial charge in [-0.3, -0.25) is 0 Å². The van der Waals surface area contributed by atoms with Crippen molar-refractivity contribution < 1.29 is 14.3 Å². The first-order chi connectivity index (χ1) is 10.1. The third kappa shape index (κ3) is 6.48. The van der Waals surface area contributed by atoms with E-state index >= 15 is 0 Å². The maximum atomic E-state index is 11.6. The van der Waals surface area contributed by atoms with Crippen molar-refractivity contribution in [3.63, 3.8) is 0 Å². The van der Waals surface area contributed by atoms with Crippen LogP contribution in [0.3, 0.4) is 0 Å². The Kier molecular flexibility index (Phi) is 8.38. The maximum absolute atomic E-state index is 11.6. The number of ether oxygens (including phenoxy) is 2. The summed E-state index contributed by atoms with van der Waals surface area (Å²) in [6.07, 6.45) is 1.89. The number of unbranched alkanes of at least 4 members (excludes halogenated alkanes) is 1. The molecule has 0 atom stereocenters. The molecule has 1 aromatic carbocycles. The highest BCUT2D eigenvalue weighted by Gasteiger charge is 2.11. The number of carbonyl (C=O) groups excluding carboxylic acids is 1. The Morgan fingerprint density at radius 1 is 1.33 bits per heavy atom. The summed E-state index contributed by atoms with van der Waals surface area (Å²) in [6.45, 7) is 8.07. The maximum Gasteiger partial charge on any atom is 0.344 e. The van der Waals surface area contributed by atoms with Crippen LogP contribution in [-0.4, -0.2) is 25.7 Å². The lowest BCUT2D eigenvalue weighted by molar-refractivity contribution is -0.146. The van der Waals surface area contributed by atoms with Crippen molar-refractivity contribution >= 4 is 21.9 Å². The Morgan fingerprint density at radius 3 is 2.76 bits per heavy atom. The molecule has 1 aromatic rings. The van der Waals surface area contributed by atoms with E-state index < -0.39 is 0 Å². The number of halogens is 1. The zero-order chi connectivity index (χ0) is 15.7. The van der Waals surface area contributed by atoms with Crippen molar-refractivity contribution in [2.75, 3.05) is 19.8 Å². The van der Waals surface area contributed by atoms with E-state index in [0.29, 0.717) is 13.2 Å². The minimum absolute atomic E-state index is 0.0503. The smallest absolute Gasteiger partial charge is 0.344 e. The molecular formula is C16H24BrNO3. The largest absolute Gasteiger partial charge is 0.481 e. The van der Waals surface area contributed by atoms with Gasteiger partial charge in [-0.05, 0) is 37.6 Å². The summed E-state index contributed by atoms with van der Waals surface area (Å²) in [7, 11) is 0. The molecule has 118 valence electrons. The number of aryl methyl sites for hydroxylation is 1. The van der Waals surface area contributed by atoms with Gasteiger partial charge in [-0.15, -0.1) is 0 Å². The molecule has 4 nitrogen and oxygen atoms in total. The number of esters is 1. The fourth-order valence-electron chi connectivity index (χ4n) is 1.90. The van der Waals surface area contributed by atoms with E-state index in [1.54, 1.807) is 0 Å². The van der Waals surface area contributed by atoms with Gasteiger partial charge < -0.3 is 14.8 Å². The minimum atomic E-state index is -0.319. The van der Waals surface area contributed by atoms with Gasteiger partial charge in [-0.2, -0.15) is 0 Å². The summed E-state index contributed by atoms with van der Waals surface area (Å²) in [5, 5.41) is 3.27. The average Bonchev–Trinajstić information content (AvgIpc) is 2.44. The second kappa shape index (κ2) is 9.79. The number of benzene rings is 1. The fraction of sp³-hybridized carbons (Fsp3) is 0.562. The Hall–Kier alpha value is -1.07. The van der Waals surface area contributed by atoms with Gasteiger partial charge in [0.05, 0.1) is 6.61 Å². The standard InChI is InChI=1S/C16H24BrNO3/c1-4-6-7-20-15(19)11-21-16-12(3)8-14(17)9-13(16)10-18-5-2/h8-9,18H,4-7,10-11H2,1-3H3. The predicted octanol–water partition coefficient (Wildman–Crippen LogP) is 3.59.